The topological polar surface area (TPSA) is 50.6 Å². The van der Waals surface area contributed by atoms with E-state index in [0.29, 0.717) is 36.2 Å². The minimum atomic E-state index is 0.138. The number of rotatable bonds is 4. The van der Waals surface area contributed by atoms with Crippen molar-refractivity contribution >= 4 is 5.91 Å². The van der Waals surface area contributed by atoms with Crippen LogP contribution in [0.5, 0.6) is 5.75 Å². The van der Waals surface area contributed by atoms with Crippen molar-refractivity contribution in [2.24, 2.45) is 5.92 Å². The number of likely N-dealkylation sites (tertiary alicyclic amines) is 1. The Balaban J connectivity index is 1.51. The van der Waals surface area contributed by atoms with E-state index in [0.717, 1.165) is 25.4 Å². The largest absolute Gasteiger partial charge is 0.497 e. The first kappa shape index (κ1) is 17.7. The molecule has 0 spiro atoms. The molecule has 148 valence electrons. The maximum atomic E-state index is 13.5. The van der Waals surface area contributed by atoms with Crippen LogP contribution in [0.4, 0.5) is 0 Å². The Kier molecular flexibility index (Phi) is 4.38. The van der Waals surface area contributed by atoms with E-state index in [4.69, 9.17) is 4.74 Å². The molecule has 6 heteroatoms. The molecule has 3 atom stereocenters. The Hall–Kier alpha value is -2.34. The van der Waals surface area contributed by atoms with E-state index in [1.807, 2.05) is 29.8 Å². The first-order valence-corrected chi connectivity index (χ1v) is 10.4. The van der Waals surface area contributed by atoms with E-state index in [9.17, 15) is 4.79 Å². The molecule has 6 rings (SSSR count). The predicted octanol–water partition coefficient (Wildman–Crippen LogP) is 2.61. The van der Waals surface area contributed by atoms with Crippen molar-refractivity contribution in [3.05, 3.63) is 47.8 Å². The number of carbonyl (C=O) groups is 1. The molecular formula is C22H28N4O2. The lowest BCUT2D eigenvalue weighted by Gasteiger charge is -2.51. The summed E-state index contributed by atoms with van der Waals surface area (Å²) >= 11 is 0. The van der Waals surface area contributed by atoms with Crippen LogP contribution >= 0.6 is 0 Å². The van der Waals surface area contributed by atoms with Crippen LogP contribution in [0.2, 0.25) is 0 Å². The third-order valence-corrected chi connectivity index (χ3v) is 7.03. The molecule has 4 aliphatic heterocycles. The zero-order valence-electron chi connectivity index (χ0n) is 16.6. The van der Waals surface area contributed by atoms with Gasteiger partial charge in [0, 0.05) is 31.2 Å². The number of hydrogen-bond acceptors (Lipinski definition) is 4. The quantitative estimate of drug-likeness (QED) is 0.818. The number of methoxy groups -OCH3 is 1. The summed E-state index contributed by atoms with van der Waals surface area (Å²) in [5.41, 5.74) is 2.02. The third-order valence-electron chi connectivity index (χ3n) is 7.03. The molecule has 4 saturated heterocycles. The lowest BCUT2D eigenvalue weighted by Crippen LogP contribution is -2.60. The highest BCUT2D eigenvalue weighted by molar-refractivity contribution is 5.93. The van der Waals surface area contributed by atoms with Gasteiger partial charge in [0.1, 0.15) is 11.4 Å². The van der Waals surface area contributed by atoms with Gasteiger partial charge in [-0.05, 0) is 62.5 Å². The van der Waals surface area contributed by atoms with Crippen molar-refractivity contribution in [1.82, 2.24) is 19.6 Å². The maximum absolute atomic E-state index is 13.5. The molecule has 5 heterocycles. The smallest absolute Gasteiger partial charge is 0.272 e. The molecular weight excluding hydrogens is 352 g/mol. The molecule has 0 aliphatic carbocycles. The van der Waals surface area contributed by atoms with Crippen LogP contribution in [0.3, 0.4) is 0 Å². The Morgan fingerprint density at radius 3 is 2.57 bits per heavy atom. The first-order chi connectivity index (χ1) is 13.7. The number of piperidine rings is 3. The third kappa shape index (κ3) is 2.65. The van der Waals surface area contributed by atoms with Crippen molar-refractivity contribution in [2.75, 3.05) is 26.7 Å². The van der Waals surface area contributed by atoms with Crippen LogP contribution in [-0.2, 0) is 6.54 Å². The Morgan fingerprint density at radius 1 is 1.14 bits per heavy atom. The van der Waals surface area contributed by atoms with E-state index in [2.05, 4.69) is 27.0 Å². The van der Waals surface area contributed by atoms with E-state index in [1.165, 1.54) is 18.4 Å². The fourth-order valence-electron chi connectivity index (χ4n) is 5.71. The second-order valence-corrected chi connectivity index (χ2v) is 8.22. The zero-order chi connectivity index (χ0) is 19.3. The highest BCUT2D eigenvalue weighted by Crippen LogP contribution is 2.47. The number of nitrogens with zero attached hydrogens (tertiary/aromatic N) is 4. The molecule has 1 amide bonds. The minimum Gasteiger partial charge on any atom is -0.497 e. The van der Waals surface area contributed by atoms with Crippen molar-refractivity contribution in [1.29, 1.82) is 0 Å². The lowest BCUT2D eigenvalue weighted by atomic mass is 9.75. The summed E-state index contributed by atoms with van der Waals surface area (Å²) < 4.78 is 7.16. The van der Waals surface area contributed by atoms with Gasteiger partial charge in [0.15, 0.2) is 0 Å². The Bertz CT molecular complexity index is 854. The zero-order valence-corrected chi connectivity index (χ0v) is 16.6. The molecule has 0 N–H and O–H groups in total. The minimum absolute atomic E-state index is 0.138. The summed E-state index contributed by atoms with van der Waals surface area (Å²) in [6.07, 6.45) is 4.14. The van der Waals surface area contributed by atoms with Gasteiger partial charge in [-0.3, -0.25) is 14.4 Å². The fourth-order valence-corrected chi connectivity index (χ4v) is 5.71. The maximum Gasteiger partial charge on any atom is 0.272 e. The molecule has 2 aromatic rings. The van der Waals surface area contributed by atoms with Crippen LogP contribution < -0.4 is 4.74 Å². The van der Waals surface area contributed by atoms with Gasteiger partial charge in [0.05, 0.1) is 13.2 Å². The number of hydrogen-bond donors (Lipinski definition) is 0. The van der Waals surface area contributed by atoms with Gasteiger partial charge in [-0.25, -0.2) is 0 Å². The average Bonchev–Trinajstić information content (AvgIpc) is 3.40. The van der Waals surface area contributed by atoms with Crippen molar-refractivity contribution in [2.45, 2.75) is 44.3 Å². The molecule has 28 heavy (non-hydrogen) atoms. The summed E-state index contributed by atoms with van der Waals surface area (Å²) in [4.78, 5) is 18.3. The van der Waals surface area contributed by atoms with Crippen molar-refractivity contribution in [3.63, 3.8) is 0 Å². The summed E-state index contributed by atoms with van der Waals surface area (Å²) in [6.45, 7) is 5.85. The number of ether oxygens (including phenoxy) is 1. The molecule has 0 saturated carbocycles. The standard InChI is InChI=1S/C22H28N4O2/c1-3-26-19(8-11-23-26)22(27)25-14-18(15-4-6-17(28-2)7-5-15)21-20(25)16-9-12-24(21)13-10-16/h4-8,11,16,18,20-21H,3,9-10,12-14H2,1-2H3/t18-,20+,21+/m1/s1. The Morgan fingerprint density at radius 2 is 1.89 bits per heavy atom. The normalized spacial score (nSPS) is 31.1. The number of aromatic nitrogens is 2. The summed E-state index contributed by atoms with van der Waals surface area (Å²) in [7, 11) is 1.70. The van der Waals surface area contributed by atoms with Gasteiger partial charge in [-0.15, -0.1) is 0 Å². The highest BCUT2D eigenvalue weighted by Gasteiger charge is 2.54. The number of carbonyl (C=O) groups excluding carboxylic acids is 1. The number of aryl methyl sites for hydroxylation is 1. The van der Waals surface area contributed by atoms with Gasteiger partial charge in [0.2, 0.25) is 0 Å². The molecule has 0 unspecified atom stereocenters. The van der Waals surface area contributed by atoms with Gasteiger partial charge < -0.3 is 9.64 Å². The summed E-state index contributed by atoms with van der Waals surface area (Å²) in [5, 5.41) is 4.32. The number of amides is 1. The van der Waals surface area contributed by atoms with E-state index in [-0.39, 0.29) is 5.91 Å². The monoisotopic (exact) mass is 380 g/mol. The van der Waals surface area contributed by atoms with Gasteiger partial charge in [-0.2, -0.15) is 5.10 Å². The fraction of sp³-hybridized carbons (Fsp3) is 0.545. The number of fused-ring (bicyclic) bond motifs is 2. The van der Waals surface area contributed by atoms with E-state index < -0.39 is 0 Å². The second kappa shape index (κ2) is 6.92. The van der Waals surface area contributed by atoms with Crippen LogP contribution in [0.1, 0.15) is 41.7 Å². The second-order valence-electron chi connectivity index (χ2n) is 8.22. The summed E-state index contributed by atoms with van der Waals surface area (Å²) in [5.74, 6) is 1.98. The van der Waals surface area contributed by atoms with Crippen LogP contribution in [0.15, 0.2) is 36.5 Å². The molecule has 2 bridgehead atoms. The predicted molar refractivity (Wildman–Crippen MR) is 107 cm³/mol. The highest BCUT2D eigenvalue weighted by atomic mass is 16.5. The average molecular weight is 380 g/mol. The Labute approximate surface area is 166 Å². The lowest BCUT2D eigenvalue weighted by molar-refractivity contribution is -0.00375. The van der Waals surface area contributed by atoms with Crippen LogP contribution in [0.25, 0.3) is 0 Å². The van der Waals surface area contributed by atoms with Crippen molar-refractivity contribution < 1.29 is 9.53 Å². The van der Waals surface area contributed by atoms with Gasteiger partial charge in [0.25, 0.3) is 5.91 Å². The summed E-state index contributed by atoms with van der Waals surface area (Å²) in [6, 6.07) is 11.0. The van der Waals surface area contributed by atoms with Crippen LogP contribution in [0, 0.1) is 5.92 Å². The molecule has 4 fully saturated rings. The van der Waals surface area contributed by atoms with E-state index >= 15 is 0 Å². The molecule has 4 aliphatic rings. The molecule has 0 radical (unpaired) electrons. The van der Waals surface area contributed by atoms with Crippen molar-refractivity contribution in [3.8, 4) is 5.75 Å². The van der Waals surface area contributed by atoms with Gasteiger partial charge >= 0.3 is 0 Å². The van der Waals surface area contributed by atoms with E-state index in [1.54, 1.807) is 13.3 Å². The molecule has 1 aromatic carbocycles. The first-order valence-electron chi connectivity index (χ1n) is 10.4. The molecule has 6 nitrogen and oxygen atoms in total. The van der Waals surface area contributed by atoms with Crippen LogP contribution in [-0.4, -0.2) is 64.3 Å². The molecule has 1 aromatic heterocycles. The number of benzene rings is 1. The van der Waals surface area contributed by atoms with Gasteiger partial charge in [-0.1, -0.05) is 12.1 Å². The SMILES string of the molecule is CCn1nccc1C(=O)N1C[C@H](c2ccc(OC)cc2)[C@H]2[C@@H]1C1CCN2CC1.